The largest absolute Gasteiger partial charge is 0.506 e. The van der Waals surface area contributed by atoms with Crippen LogP contribution in [0, 0.1) is 0 Å². The van der Waals surface area contributed by atoms with Crippen LogP contribution in [-0.4, -0.2) is 32.1 Å². The average molecular weight is 487 g/mol. The van der Waals surface area contributed by atoms with Crippen molar-refractivity contribution >= 4 is 18.7 Å². The van der Waals surface area contributed by atoms with Crippen molar-refractivity contribution in [3.05, 3.63) is 114 Å². The van der Waals surface area contributed by atoms with E-state index in [0.717, 1.165) is 17.0 Å². The lowest BCUT2D eigenvalue weighted by atomic mass is 10.2. The maximum absolute atomic E-state index is 10.5. The highest BCUT2D eigenvalue weighted by Gasteiger charge is 2.50. The number of aliphatic hydroxyl groups is 1. The molecule has 35 heavy (non-hydrogen) atoms. The van der Waals surface area contributed by atoms with Crippen LogP contribution in [0.25, 0.3) is 0 Å². The van der Waals surface area contributed by atoms with Gasteiger partial charge in [-0.2, -0.15) is 0 Å². The first-order valence-corrected chi connectivity index (χ1v) is 13.8. The maximum atomic E-state index is 10.5. The third-order valence-corrected chi connectivity index (χ3v) is 11.3. The monoisotopic (exact) mass is 486 g/mol. The molecule has 1 aliphatic heterocycles. The van der Waals surface area contributed by atoms with Gasteiger partial charge >= 0.3 is 0 Å². The third-order valence-electron chi connectivity index (χ3n) is 6.27. The summed E-state index contributed by atoms with van der Waals surface area (Å²) in [5.41, 5.74) is 5.32. The van der Waals surface area contributed by atoms with Gasteiger partial charge in [-0.25, -0.2) is 0 Å². The van der Waals surface area contributed by atoms with Crippen LogP contribution in [0.5, 0.6) is 5.75 Å². The van der Waals surface area contributed by atoms with Crippen molar-refractivity contribution in [2.75, 3.05) is 13.7 Å². The third kappa shape index (κ3) is 5.44. The molecule has 6 heteroatoms. The summed E-state index contributed by atoms with van der Waals surface area (Å²) < 4.78 is 12.3. The Hall–Kier alpha value is -3.48. The molecule has 5 nitrogen and oxygen atoms in total. The number of benzene rings is 3. The summed E-state index contributed by atoms with van der Waals surface area (Å²) in [4.78, 5) is 0. The maximum Gasteiger partial charge on any atom is 0.261 e. The summed E-state index contributed by atoms with van der Waals surface area (Å²) in [5.74, 6) is 1.01. The molecule has 4 rings (SSSR count). The highest BCUT2D eigenvalue weighted by atomic mass is 28.4. The van der Waals surface area contributed by atoms with Crippen molar-refractivity contribution in [2.45, 2.75) is 32.4 Å². The van der Waals surface area contributed by atoms with Gasteiger partial charge in [-0.15, -0.1) is 0 Å². The Balaban J connectivity index is 1.59. The molecule has 0 fully saturated rings. The number of nitrogens with one attached hydrogen (secondary N) is 1. The molecule has 0 radical (unpaired) electrons. The zero-order chi connectivity index (χ0) is 24.9. The molecule has 0 aliphatic carbocycles. The van der Waals surface area contributed by atoms with Crippen LogP contribution in [0.1, 0.15) is 26.3 Å². The summed E-state index contributed by atoms with van der Waals surface area (Å²) in [6, 6.07) is 29.0. The van der Waals surface area contributed by atoms with Crippen molar-refractivity contribution in [1.82, 2.24) is 10.4 Å². The summed E-state index contributed by atoms with van der Waals surface area (Å²) in [6.45, 7) is 7.72. The van der Waals surface area contributed by atoms with Crippen LogP contribution >= 0.6 is 0 Å². The van der Waals surface area contributed by atoms with Gasteiger partial charge in [-0.05, 0) is 33.1 Å². The fourth-order valence-corrected chi connectivity index (χ4v) is 9.19. The molecule has 3 aromatic rings. The molecule has 182 valence electrons. The standard InChI is InChI=1S/C29H34N2O3Si/c1-29(2,3)35(27-11-7-5-8-12-27,28-13-9-6-10-14-28)34-22-24-19-25(32)21-31(30-24)20-23-15-17-26(33-4)18-16-23/h5-19,21,30,32H,20,22H2,1-4H3. The number of nitrogens with zero attached hydrogens (tertiary/aromatic N) is 1. The number of hydrogen-bond donors (Lipinski definition) is 2. The first-order valence-electron chi connectivity index (χ1n) is 11.8. The van der Waals surface area contributed by atoms with E-state index in [9.17, 15) is 5.11 Å². The van der Waals surface area contributed by atoms with E-state index in [2.05, 4.69) is 74.7 Å². The second-order valence-corrected chi connectivity index (χ2v) is 14.1. The highest BCUT2D eigenvalue weighted by Crippen LogP contribution is 2.37. The molecule has 0 bridgehead atoms. The Morgan fingerprint density at radius 2 is 1.43 bits per heavy atom. The molecule has 1 heterocycles. The Kier molecular flexibility index (Phi) is 7.33. The molecule has 0 saturated carbocycles. The Bertz CT molecular complexity index is 1130. The summed E-state index contributed by atoms with van der Waals surface area (Å²) >= 11 is 0. The molecule has 2 N–H and O–H groups in total. The second-order valence-electron chi connectivity index (χ2n) is 9.76. The van der Waals surface area contributed by atoms with Crippen molar-refractivity contribution in [2.24, 2.45) is 0 Å². The number of hydrogen-bond acceptors (Lipinski definition) is 5. The molecule has 0 spiro atoms. The fourth-order valence-electron chi connectivity index (χ4n) is 4.66. The highest BCUT2D eigenvalue weighted by molar-refractivity contribution is 6.99. The summed E-state index contributed by atoms with van der Waals surface area (Å²) in [7, 11) is -1.02. The van der Waals surface area contributed by atoms with Crippen molar-refractivity contribution in [1.29, 1.82) is 0 Å². The quantitative estimate of drug-likeness (QED) is 0.445. The van der Waals surface area contributed by atoms with E-state index in [1.54, 1.807) is 19.4 Å². The molecular formula is C29H34N2O3Si. The van der Waals surface area contributed by atoms with Gasteiger partial charge in [0.1, 0.15) is 11.5 Å². The Morgan fingerprint density at radius 3 is 1.94 bits per heavy atom. The number of allylic oxidation sites excluding steroid dienone is 1. The van der Waals surface area contributed by atoms with E-state index in [4.69, 9.17) is 9.16 Å². The van der Waals surface area contributed by atoms with Crippen molar-refractivity contribution < 1.29 is 14.3 Å². The lowest BCUT2D eigenvalue weighted by Crippen LogP contribution is -2.66. The first-order chi connectivity index (χ1) is 16.8. The fraction of sp³-hybridized carbons (Fsp3) is 0.241. The molecule has 0 amide bonds. The molecule has 0 aromatic heterocycles. The average Bonchev–Trinajstić information content (AvgIpc) is 2.85. The van der Waals surface area contributed by atoms with Gasteiger partial charge in [-0.3, -0.25) is 5.01 Å². The van der Waals surface area contributed by atoms with Gasteiger partial charge < -0.3 is 19.7 Å². The van der Waals surface area contributed by atoms with Crippen molar-refractivity contribution in [3.8, 4) is 5.75 Å². The zero-order valence-corrected chi connectivity index (χ0v) is 21.9. The first kappa shape index (κ1) is 24.6. The lowest BCUT2D eigenvalue weighted by molar-refractivity contribution is 0.234. The van der Waals surface area contributed by atoms with E-state index in [1.165, 1.54) is 10.4 Å². The second kappa shape index (κ2) is 10.4. The van der Waals surface area contributed by atoms with E-state index in [-0.39, 0.29) is 10.8 Å². The van der Waals surface area contributed by atoms with Gasteiger partial charge in [0.2, 0.25) is 0 Å². The minimum atomic E-state index is -2.68. The van der Waals surface area contributed by atoms with Gasteiger partial charge in [0.25, 0.3) is 8.32 Å². The van der Waals surface area contributed by atoms with Crippen LogP contribution < -0.4 is 20.5 Å². The topological polar surface area (TPSA) is 54.0 Å². The lowest BCUT2D eigenvalue weighted by Gasteiger charge is -2.43. The van der Waals surface area contributed by atoms with Crippen LogP contribution in [0.3, 0.4) is 0 Å². The number of aliphatic hydroxyl groups excluding tert-OH is 1. The number of hydrazine groups is 1. The van der Waals surface area contributed by atoms with E-state index < -0.39 is 8.32 Å². The van der Waals surface area contributed by atoms with E-state index in [0.29, 0.717) is 13.2 Å². The molecular weight excluding hydrogens is 452 g/mol. The molecule has 3 aromatic carbocycles. The minimum absolute atomic E-state index is 0.119. The smallest absolute Gasteiger partial charge is 0.261 e. The zero-order valence-electron chi connectivity index (χ0n) is 20.9. The van der Waals surface area contributed by atoms with Crippen LogP contribution in [0.4, 0.5) is 0 Å². The van der Waals surface area contributed by atoms with Crippen LogP contribution in [0.15, 0.2) is 109 Å². The summed E-state index contributed by atoms with van der Waals surface area (Å²) in [5, 5.41) is 14.7. The molecule has 0 saturated heterocycles. The normalized spacial score (nSPS) is 14.1. The SMILES string of the molecule is COc1ccc(CN2C=C(O)C=C(CO[Si](c3ccccc3)(c3ccccc3)C(C)(C)C)N2)cc1. The predicted molar refractivity (Wildman–Crippen MR) is 144 cm³/mol. The predicted octanol–water partition coefficient (Wildman–Crippen LogP) is 4.88. The number of methoxy groups -OCH3 is 1. The van der Waals surface area contributed by atoms with Gasteiger partial charge in [0.15, 0.2) is 0 Å². The number of rotatable bonds is 8. The van der Waals surface area contributed by atoms with E-state index in [1.807, 2.05) is 41.4 Å². The molecule has 1 aliphatic rings. The van der Waals surface area contributed by atoms with Gasteiger partial charge in [0, 0.05) is 6.08 Å². The minimum Gasteiger partial charge on any atom is -0.506 e. The Labute approximate surface area is 209 Å². The Morgan fingerprint density at radius 1 is 0.857 bits per heavy atom. The molecule has 0 atom stereocenters. The molecule has 0 unspecified atom stereocenters. The van der Waals surface area contributed by atoms with Crippen LogP contribution in [-0.2, 0) is 11.0 Å². The van der Waals surface area contributed by atoms with Crippen LogP contribution in [0.2, 0.25) is 5.04 Å². The van der Waals surface area contributed by atoms with Gasteiger partial charge in [0.05, 0.1) is 32.2 Å². The van der Waals surface area contributed by atoms with Crippen molar-refractivity contribution in [3.63, 3.8) is 0 Å². The van der Waals surface area contributed by atoms with E-state index >= 15 is 0 Å². The summed E-state index contributed by atoms with van der Waals surface area (Å²) in [6.07, 6.45) is 3.43. The van der Waals surface area contributed by atoms with Gasteiger partial charge in [-0.1, -0.05) is 93.6 Å². The number of ether oxygens (including phenoxy) is 1.